The zero-order valence-electron chi connectivity index (χ0n) is 17.5. The first-order valence-corrected chi connectivity index (χ1v) is 10.2. The largest absolute Gasteiger partial charge is 0.339 e. The Morgan fingerprint density at radius 3 is 2.42 bits per heavy atom. The van der Waals surface area contributed by atoms with Gasteiger partial charge in [0, 0.05) is 44.0 Å². The third-order valence-corrected chi connectivity index (χ3v) is 5.60. The maximum atomic E-state index is 13.5. The molecule has 0 radical (unpaired) electrons. The topological polar surface area (TPSA) is 54.3 Å². The molecule has 0 aliphatic carbocycles. The van der Waals surface area contributed by atoms with Crippen LogP contribution in [0.15, 0.2) is 30.3 Å². The Balaban J connectivity index is 1.42. The summed E-state index contributed by atoms with van der Waals surface area (Å²) in [6.07, 6.45) is -2.63. The van der Waals surface area contributed by atoms with Gasteiger partial charge in [0.05, 0.1) is 11.1 Å². The van der Waals surface area contributed by atoms with Gasteiger partial charge in [-0.1, -0.05) is 12.1 Å². The highest BCUT2D eigenvalue weighted by atomic mass is 19.3. The number of hydrogen-bond donors (Lipinski definition) is 0. The number of pyridine rings is 1. The van der Waals surface area contributed by atoms with Crippen molar-refractivity contribution in [2.24, 2.45) is 0 Å². The molecular formula is C22H24F3N5O. The van der Waals surface area contributed by atoms with Crippen LogP contribution in [-0.2, 0) is 17.9 Å². The normalized spacial score (nSPS) is 15.2. The van der Waals surface area contributed by atoms with Crippen molar-refractivity contribution < 1.29 is 18.0 Å². The highest BCUT2D eigenvalue weighted by Gasteiger charge is 2.24. The van der Waals surface area contributed by atoms with Crippen LogP contribution in [0.25, 0.3) is 11.0 Å². The third-order valence-electron chi connectivity index (χ3n) is 5.60. The lowest BCUT2D eigenvalue weighted by atomic mass is 10.1. The van der Waals surface area contributed by atoms with E-state index in [4.69, 9.17) is 0 Å². The van der Waals surface area contributed by atoms with Gasteiger partial charge in [-0.2, -0.15) is 5.10 Å². The first kappa shape index (κ1) is 21.3. The predicted molar refractivity (Wildman–Crippen MR) is 110 cm³/mol. The summed E-state index contributed by atoms with van der Waals surface area (Å²) in [6.45, 7) is 6.50. The molecular weight excluding hydrogens is 407 g/mol. The molecule has 164 valence electrons. The van der Waals surface area contributed by atoms with Crippen LogP contribution in [0.3, 0.4) is 0 Å². The molecule has 4 rings (SSSR count). The van der Waals surface area contributed by atoms with Crippen LogP contribution in [0.1, 0.15) is 28.9 Å². The number of aryl methyl sites for hydroxylation is 2. The van der Waals surface area contributed by atoms with Gasteiger partial charge in [-0.3, -0.25) is 9.69 Å². The molecule has 31 heavy (non-hydrogen) atoms. The molecule has 1 aliphatic heterocycles. The second kappa shape index (κ2) is 8.66. The molecule has 0 atom stereocenters. The fraction of sp³-hybridized carbons (Fsp3) is 0.409. The van der Waals surface area contributed by atoms with Crippen LogP contribution in [0.2, 0.25) is 0 Å². The van der Waals surface area contributed by atoms with Gasteiger partial charge in [-0.05, 0) is 37.6 Å². The van der Waals surface area contributed by atoms with E-state index in [-0.39, 0.29) is 23.8 Å². The monoisotopic (exact) mass is 431 g/mol. The summed E-state index contributed by atoms with van der Waals surface area (Å²) in [5, 5.41) is 4.64. The van der Waals surface area contributed by atoms with Crippen LogP contribution in [-0.4, -0.2) is 56.7 Å². The Kier molecular flexibility index (Phi) is 5.95. The number of fused-ring (bicyclic) bond motifs is 1. The summed E-state index contributed by atoms with van der Waals surface area (Å²) < 4.78 is 41.4. The van der Waals surface area contributed by atoms with Gasteiger partial charge in [-0.15, -0.1) is 0 Å². The van der Waals surface area contributed by atoms with E-state index in [2.05, 4.69) is 15.0 Å². The molecule has 3 aromatic rings. The van der Waals surface area contributed by atoms with E-state index in [1.165, 1.54) is 22.9 Å². The van der Waals surface area contributed by atoms with Gasteiger partial charge in [0.25, 0.3) is 6.43 Å². The van der Waals surface area contributed by atoms with Crippen molar-refractivity contribution in [1.29, 1.82) is 0 Å². The number of alkyl halides is 2. The fourth-order valence-corrected chi connectivity index (χ4v) is 4.03. The molecule has 1 aliphatic rings. The molecule has 0 spiro atoms. The SMILES string of the molecule is Cc1cc(C(F)F)c2c(C)nn(CC(=O)N3CCN(Cc4ccc(F)cc4)CC3)c2n1. The quantitative estimate of drug-likeness (QED) is 0.621. The van der Waals surface area contributed by atoms with Crippen molar-refractivity contribution in [3.8, 4) is 0 Å². The van der Waals surface area contributed by atoms with Crippen molar-refractivity contribution in [2.45, 2.75) is 33.4 Å². The van der Waals surface area contributed by atoms with Crippen molar-refractivity contribution in [3.05, 3.63) is 58.7 Å². The minimum Gasteiger partial charge on any atom is -0.339 e. The zero-order chi connectivity index (χ0) is 22.1. The van der Waals surface area contributed by atoms with E-state index < -0.39 is 6.43 Å². The molecule has 1 fully saturated rings. The number of benzene rings is 1. The minimum absolute atomic E-state index is 0.0402. The lowest BCUT2D eigenvalue weighted by molar-refractivity contribution is -0.133. The maximum Gasteiger partial charge on any atom is 0.264 e. The van der Waals surface area contributed by atoms with Gasteiger partial charge in [-0.25, -0.2) is 22.8 Å². The highest BCUT2D eigenvalue weighted by molar-refractivity contribution is 5.84. The summed E-state index contributed by atoms with van der Waals surface area (Å²) >= 11 is 0. The standard InChI is InChI=1S/C22H24F3N5O/c1-14-11-18(21(24)25)20-15(2)27-30(22(20)26-14)13-19(31)29-9-7-28(8-10-29)12-16-3-5-17(23)6-4-16/h3-6,11,21H,7-10,12-13H2,1-2H3. The average Bonchev–Trinajstić information content (AvgIpc) is 3.04. The number of amides is 1. The summed E-state index contributed by atoms with van der Waals surface area (Å²) in [7, 11) is 0. The fourth-order valence-electron chi connectivity index (χ4n) is 4.03. The number of aromatic nitrogens is 3. The first-order valence-electron chi connectivity index (χ1n) is 10.2. The van der Waals surface area contributed by atoms with E-state index in [0.29, 0.717) is 55.1 Å². The number of carbonyl (C=O) groups is 1. The Morgan fingerprint density at radius 1 is 1.10 bits per heavy atom. The van der Waals surface area contributed by atoms with E-state index in [1.54, 1.807) is 30.9 Å². The van der Waals surface area contributed by atoms with Gasteiger partial charge >= 0.3 is 0 Å². The molecule has 0 saturated carbocycles. The number of nitrogens with zero attached hydrogens (tertiary/aromatic N) is 5. The van der Waals surface area contributed by atoms with Gasteiger partial charge < -0.3 is 4.90 Å². The van der Waals surface area contributed by atoms with Crippen LogP contribution in [0, 0.1) is 19.7 Å². The highest BCUT2D eigenvalue weighted by Crippen LogP contribution is 2.30. The van der Waals surface area contributed by atoms with Gasteiger partial charge in [0.1, 0.15) is 12.4 Å². The molecule has 1 aromatic carbocycles. The summed E-state index contributed by atoms with van der Waals surface area (Å²) in [5.74, 6) is -0.376. The van der Waals surface area contributed by atoms with E-state index in [0.717, 1.165) is 5.56 Å². The average molecular weight is 431 g/mol. The van der Waals surface area contributed by atoms with Crippen molar-refractivity contribution in [1.82, 2.24) is 24.6 Å². The second-order valence-corrected chi connectivity index (χ2v) is 7.88. The molecule has 1 saturated heterocycles. The van der Waals surface area contributed by atoms with Crippen LogP contribution in [0.5, 0.6) is 0 Å². The van der Waals surface area contributed by atoms with Gasteiger partial charge in [0.15, 0.2) is 5.65 Å². The number of hydrogen-bond acceptors (Lipinski definition) is 4. The minimum atomic E-state index is -2.63. The summed E-state index contributed by atoms with van der Waals surface area (Å²) in [4.78, 5) is 21.2. The molecule has 6 nitrogen and oxygen atoms in total. The van der Waals surface area contributed by atoms with E-state index in [1.807, 2.05) is 0 Å². The Morgan fingerprint density at radius 2 is 1.77 bits per heavy atom. The van der Waals surface area contributed by atoms with Crippen LogP contribution >= 0.6 is 0 Å². The number of rotatable bonds is 5. The second-order valence-electron chi connectivity index (χ2n) is 7.88. The maximum absolute atomic E-state index is 13.5. The molecule has 1 amide bonds. The summed E-state index contributed by atoms with van der Waals surface area (Å²) in [5.41, 5.74) is 2.14. The number of carbonyl (C=O) groups excluding carboxylic acids is 1. The Bertz CT molecular complexity index is 1090. The smallest absolute Gasteiger partial charge is 0.264 e. The van der Waals surface area contributed by atoms with Crippen molar-refractivity contribution in [3.63, 3.8) is 0 Å². The van der Waals surface area contributed by atoms with Crippen molar-refractivity contribution >= 4 is 16.9 Å². The molecule has 3 heterocycles. The third kappa shape index (κ3) is 4.56. The Labute approximate surface area is 178 Å². The zero-order valence-corrected chi connectivity index (χ0v) is 17.5. The molecule has 2 aromatic heterocycles. The van der Waals surface area contributed by atoms with Crippen LogP contribution < -0.4 is 0 Å². The van der Waals surface area contributed by atoms with Crippen LogP contribution in [0.4, 0.5) is 13.2 Å². The number of halogens is 3. The lowest BCUT2D eigenvalue weighted by Gasteiger charge is -2.34. The molecule has 0 bridgehead atoms. The molecule has 0 N–H and O–H groups in total. The van der Waals surface area contributed by atoms with E-state index in [9.17, 15) is 18.0 Å². The van der Waals surface area contributed by atoms with E-state index >= 15 is 0 Å². The van der Waals surface area contributed by atoms with Crippen molar-refractivity contribution in [2.75, 3.05) is 26.2 Å². The number of piperazine rings is 1. The summed E-state index contributed by atoms with van der Waals surface area (Å²) in [6, 6.07) is 7.79. The first-order chi connectivity index (χ1) is 14.8. The predicted octanol–water partition coefficient (Wildman–Crippen LogP) is 3.47. The Hall–Kier alpha value is -2.94. The molecule has 9 heteroatoms. The molecule has 0 unspecified atom stereocenters. The lowest BCUT2D eigenvalue weighted by Crippen LogP contribution is -2.49. The van der Waals surface area contributed by atoms with Gasteiger partial charge in [0.2, 0.25) is 5.91 Å².